The fraction of sp³-hybridized carbons (Fsp3) is 0.364. The van der Waals surface area contributed by atoms with Gasteiger partial charge in [-0.1, -0.05) is 30.7 Å². The second-order valence-electron chi connectivity index (χ2n) is 7.12. The summed E-state index contributed by atoms with van der Waals surface area (Å²) < 4.78 is 7.49. The Morgan fingerprint density at radius 2 is 1.97 bits per heavy atom. The summed E-state index contributed by atoms with van der Waals surface area (Å²) in [6.07, 6.45) is 6.26. The molecule has 7 nitrogen and oxygen atoms in total. The summed E-state index contributed by atoms with van der Waals surface area (Å²) in [7, 11) is 0. The number of nitrogens with one attached hydrogen (secondary N) is 1. The first-order chi connectivity index (χ1) is 14.7. The number of amides is 1. The maximum absolute atomic E-state index is 12.4. The molecule has 30 heavy (non-hydrogen) atoms. The molecule has 1 N–H and O–H groups in total. The second kappa shape index (κ2) is 9.75. The zero-order valence-electron chi connectivity index (χ0n) is 17.0. The molecule has 0 spiro atoms. The summed E-state index contributed by atoms with van der Waals surface area (Å²) in [4.78, 5) is 16.8. The summed E-state index contributed by atoms with van der Waals surface area (Å²) >= 11 is 1.38. The van der Waals surface area contributed by atoms with Gasteiger partial charge in [0.1, 0.15) is 11.4 Å². The van der Waals surface area contributed by atoms with Gasteiger partial charge in [0.25, 0.3) is 0 Å². The van der Waals surface area contributed by atoms with Crippen molar-refractivity contribution < 1.29 is 9.53 Å². The Labute approximate surface area is 180 Å². The van der Waals surface area contributed by atoms with Gasteiger partial charge in [0.15, 0.2) is 11.0 Å². The minimum absolute atomic E-state index is 0.0347. The highest BCUT2D eigenvalue weighted by atomic mass is 32.2. The summed E-state index contributed by atoms with van der Waals surface area (Å²) in [5.74, 6) is 1.78. The van der Waals surface area contributed by atoms with E-state index in [-0.39, 0.29) is 5.91 Å². The minimum Gasteiger partial charge on any atom is -0.494 e. The number of nitrogens with zero attached hydrogens (tertiary/aromatic N) is 4. The number of hydrogen-bond acceptors (Lipinski definition) is 6. The number of hydrogen-bond donors (Lipinski definition) is 1. The highest BCUT2D eigenvalue weighted by Crippen LogP contribution is 2.28. The monoisotopic (exact) mass is 423 g/mol. The van der Waals surface area contributed by atoms with Gasteiger partial charge in [-0.3, -0.25) is 14.3 Å². The van der Waals surface area contributed by atoms with Gasteiger partial charge in [-0.25, -0.2) is 0 Å². The van der Waals surface area contributed by atoms with Gasteiger partial charge in [0.2, 0.25) is 5.91 Å². The van der Waals surface area contributed by atoms with Crippen LogP contribution in [0.3, 0.4) is 0 Å². The summed E-state index contributed by atoms with van der Waals surface area (Å²) in [6.45, 7) is 2.57. The summed E-state index contributed by atoms with van der Waals surface area (Å²) in [5, 5.41) is 12.5. The largest absolute Gasteiger partial charge is 0.494 e. The average molecular weight is 424 g/mol. The minimum atomic E-state index is 0.0347. The van der Waals surface area contributed by atoms with E-state index in [0.717, 1.165) is 30.0 Å². The molecule has 1 amide bonds. The fourth-order valence-electron chi connectivity index (χ4n) is 3.58. The Hall–Kier alpha value is -2.87. The van der Waals surface area contributed by atoms with Gasteiger partial charge in [0, 0.05) is 12.2 Å². The number of ether oxygens (including phenoxy) is 1. The van der Waals surface area contributed by atoms with Crippen LogP contribution in [0.25, 0.3) is 17.2 Å². The lowest BCUT2D eigenvalue weighted by atomic mass is 10.2. The molecule has 0 radical (unpaired) electrons. The van der Waals surface area contributed by atoms with Gasteiger partial charge >= 0.3 is 0 Å². The van der Waals surface area contributed by atoms with E-state index < -0.39 is 0 Å². The van der Waals surface area contributed by atoms with Crippen molar-refractivity contribution in [3.8, 4) is 23.0 Å². The van der Waals surface area contributed by atoms with Gasteiger partial charge in [-0.05, 0) is 56.2 Å². The lowest BCUT2D eigenvalue weighted by molar-refractivity contribution is -0.119. The second-order valence-corrected chi connectivity index (χ2v) is 8.06. The van der Waals surface area contributed by atoms with Crippen molar-refractivity contribution in [1.29, 1.82) is 0 Å². The predicted molar refractivity (Wildman–Crippen MR) is 117 cm³/mol. The molecule has 1 saturated carbocycles. The Morgan fingerprint density at radius 3 is 2.67 bits per heavy atom. The maximum Gasteiger partial charge on any atom is 0.230 e. The molecule has 8 heteroatoms. The zero-order valence-corrected chi connectivity index (χ0v) is 17.8. The van der Waals surface area contributed by atoms with Crippen LogP contribution in [0.4, 0.5) is 0 Å². The molecule has 0 bridgehead atoms. The van der Waals surface area contributed by atoms with Gasteiger partial charge in [-0.15, -0.1) is 10.2 Å². The van der Waals surface area contributed by atoms with Crippen LogP contribution >= 0.6 is 11.8 Å². The van der Waals surface area contributed by atoms with Crippen molar-refractivity contribution in [1.82, 2.24) is 25.1 Å². The molecule has 2 aromatic heterocycles. The van der Waals surface area contributed by atoms with Gasteiger partial charge in [0.05, 0.1) is 18.0 Å². The van der Waals surface area contributed by atoms with Crippen LogP contribution in [0.2, 0.25) is 0 Å². The summed E-state index contributed by atoms with van der Waals surface area (Å²) in [6, 6.07) is 13.8. The first-order valence-electron chi connectivity index (χ1n) is 10.3. The zero-order chi connectivity index (χ0) is 20.8. The van der Waals surface area contributed by atoms with Gasteiger partial charge < -0.3 is 10.1 Å². The molecule has 1 aliphatic rings. The predicted octanol–water partition coefficient (Wildman–Crippen LogP) is 3.88. The Balaban J connectivity index is 1.58. The van der Waals surface area contributed by atoms with E-state index in [1.165, 1.54) is 24.6 Å². The van der Waals surface area contributed by atoms with Crippen LogP contribution in [0.1, 0.15) is 32.6 Å². The molecule has 1 aromatic carbocycles. The molecule has 156 valence electrons. The fourth-order valence-corrected chi connectivity index (χ4v) is 4.35. The molecule has 0 atom stereocenters. The Morgan fingerprint density at radius 1 is 1.17 bits per heavy atom. The van der Waals surface area contributed by atoms with Crippen LogP contribution in [0.5, 0.6) is 5.75 Å². The van der Waals surface area contributed by atoms with Crippen molar-refractivity contribution in [3.05, 3.63) is 48.7 Å². The third-order valence-electron chi connectivity index (χ3n) is 4.99. The molecule has 0 unspecified atom stereocenters. The van der Waals surface area contributed by atoms with Gasteiger partial charge in [-0.2, -0.15) is 0 Å². The van der Waals surface area contributed by atoms with Crippen LogP contribution in [-0.4, -0.2) is 44.1 Å². The number of aromatic nitrogens is 4. The third-order valence-corrected chi connectivity index (χ3v) is 5.91. The number of pyridine rings is 1. The molecule has 1 aliphatic carbocycles. The number of benzene rings is 1. The Kier molecular flexibility index (Phi) is 6.63. The highest BCUT2D eigenvalue weighted by molar-refractivity contribution is 7.99. The lowest BCUT2D eigenvalue weighted by Crippen LogP contribution is -2.33. The van der Waals surface area contributed by atoms with Crippen molar-refractivity contribution >= 4 is 17.7 Å². The Bertz CT molecular complexity index is 969. The van der Waals surface area contributed by atoms with Crippen LogP contribution in [0.15, 0.2) is 53.8 Å². The normalized spacial score (nSPS) is 14.0. The molecular formula is C22H25N5O2S. The smallest absolute Gasteiger partial charge is 0.230 e. The number of carbonyl (C=O) groups is 1. The number of thioether (sulfide) groups is 1. The standard InChI is InChI=1S/C22H25N5O2S/c1-2-29-18-12-10-17(11-13-18)27-21(19-9-5-6-14-23-19)25-26-22(27)30-15-20(28)24-16-7-3-4-8-16/h5-6,9-14,16H,2-4,7-8,15H2,1H3,(H,24,28). The van der Waals surface area contributed by atoms with Crippen LogP contribution < -0.4 is 10.1 Å². The quantitative estimate of drug-likeness (QED) is 0.554. The molecule has 1 fully saturated rings. The van der Waals surface area contributed by atoms with Crippen LogP contribution in [0, 0.1) is 0 Å². The number of rotatable bonds is 8. The van der Waals surface area contributed by atoms with Crippen molar-refractivity contribution in [2.45, 2.75) is 43.8 Å². The average Bonchev–Trinajstić information content (AvgIpc) is 3.43. The lowest BCUT2D eigenvalue weighted by Gasteiger charge is -2.13. The van der Waals surface area contributed by atoms with E-state index in [1.807, 2.05) is 54.0 Å². The highest BCUT2D eigenvalue weighted by Gasteiger charge is 2.20. The molecule has 4 rings (SSSR count). The third kappa shape index (κ3) is 4.81. The molecule has 0 saturated heterocycles. The summed E-state index contributed by atoms with van der Waals surface area (Å²) in [5.41, 5.74) is 1.61. The topological polar surface area (TPSA) is 81.9 Å². The molecule has 0 aliphatic heterocycles. The van der Waals surface area contributed by atoms with E-state index in [1.54, 1.807) is 6.20 Å². The molecule has 3 aromatic rings. The van der Waals surface area contributed by atoms with Crippen molar-refractivity contribution in [3.63, 3.8) is 0 Å². The van der Waals surface area contributed by atoms with E-state index in [2.05, 4.69) is 20.5 Å². The van der Waals surface area contributed by atoms with E-state index in [4.69, 9.17) is 4.74 Å². The molecular weight excluding hydrogens is 398 g/mol. The van der Waals surface area contributed by atoms with E-state index in [0.29, 0.717) is 29.4 Å². The molecule has 2 heterocycles. The first kappa shape index (κ1) is 20.4. The number of carbonyl (C=O) groups excluding carboxylic acids is 1. The van der Waals surface area contributed by atoms with Crippen LogP contribution in [-0.2, 0) is 4.79 Å². The first-order valence-corrected chi connectivity index (χ1v) is 11.3. The SMILES string of the molecule is CCOc1ccc(-n2c(SCC(=O)NC3CCCC3)nnc2-c2ccccn2)cc1. The van der Waals surface area contributed by atoms with E-state index >= 15 is 0 Å². The van der Waals surface area contributed by atoms with Crippen molar-refractivity contribution in [2.75, 3.05) is 12.4 Å². The van der Waals surface area contributed by atoms with Crippen molar-refractivity contribution in [2.24, 2.45) is 0 Å². The maximum atomic E-state index is 12.4. The van der Waals surface area contributed by atoms with E-state index in [9.17, 15) is 4.79 Å².